The molecule has 0 aliphatic heterocycles. The van der Waals surface area contributed by atoms with Gasteiger partial charge in [0.25, 0.3) is 0 Å². The molecule has 478 valence electrons. The van der Waals surface area contributed by atoms with E-state index in [0.29, 0.717) is 12.8 Å². The van der Waals surface area contributed by atoms with E-state index in [0.717, 1.165) is 116 Å². The predicted octanol–water partition coefficient (Wildman–Crippen LogP) is 24.9. The number of ether oxygens (including phenoxy) is 2. The Kier molecular flexibility index (Phi) is 69.4. The molecule has 0 fully saturated rings. The fourth-order valence-electron chi connectivity index (χ4n) is 9.92. The van der Waals surface area contributed by atoms with Gasteiger partial charge < -0.3 is 14.6 Å². The Balaban J connectivity index is 3.48. The third kappa shape index (κ3) is 70.3. The molecule has 5 nitrogen and oxygen atoms in total. The molecule has 0 heterocycles. The van der Waals surface area contributed by atoms with Crippen LogP contribution in [0.25, 0.3) is 0 Å². The Morgan fingerprint density at radius 3 is 0.714 bits per heavy atom. The maximum atomic E-state index is 12.4. The summed E-state index contributed by atoms with van der Waals surface area (Å²) >= 11 is 0. The lowest BCUT2D eigenvalue weighted by Gasteiger charge is -2.15. The third-order valence-corrected chi connectivity index (χ3v) is 15.1. The largest absolute Gasteiger partial charge is 0.462 e. The van der Waals surface area contributed by atoms with Gasteiger partial charge in [-0.2, -0.15) is 0 Å². The minimum atomic E-state index is -0.781. The van der Waals surface area contributed by atoms with E-state index in [2.05, 4.69) is 160 Å². The van der Waals surface area contributed by atoms with Crippen molar-refractivity contribution in [3.05, 3.63) is 146 Å². The van der Waals surface area contributed by atoms with Gasteiger partial charge >= 0.3 is 11.9 Å². The van der Waals surface area contributed by atoms with Crippen LogP contribution in [0.1, 0.15) is 322 Å². The second kappa shape index (κ2) is 73.0. The maximum Gasteiger partial charge on any atom is 0.306 e. The first kappa shape index (κ1) is 79.8. The molecular formula is C79H132O5. The molecule has 0 bridgehead atoms. The lowest BCUT2D eigenvalue weighted by molar-refractivity contribution is -0.161. The normalized spacial score (nSPS) is 13.1. The lowest BCUT2D eigenvalue weighted by atomic mass is 10.0. The van der Waals surface area contributed by atoms with E-state index in [1.165, 1.54) is 180 Å². The van der Waals surface area contributed by atoms with Crippen LogP contribution in [0.5, 0.6) is 0 Å². The van der Waals surface area contributed by atoms with Crippen LogP contribution in [0.15, 0.2) is 146 Å². The molecule has 0 aliphatic carbocycles. The van der Waals surface area contributed by atoms with Gasteiger partial charge in [-0.1, -0.05) is 339 Å². The number of aliphatic hydroxyl groups is 1. The molecule has 0 amide bonds. The van der Waals surface area contributed by atoms with Crippen molar-refractivity contribution < 1.29 is 24.2 Å². The van der Waals surface area contributed by atoms with Gasteiger partial charge in [-0.3, -0.25) is 9.59 Å². The highest BCUT2D eigenvalue weighted by molar-refractivity contribution is 5.70. The standard InChI is InChI=1S/C79H132O5/c1-3-5-7-9-11-13-15-17-19-21-23-25-27-29-31-33-35-37-39-41-43-45-47-49-51-53-55-57-59-61-63-65-67-69-71-73-78(81)83-76-77(75-80)84-79(82)74-72-70-68-66-64-62-60-58-56-54-52-50-48-46-44-42-40-38-36-34-32-30-28-26-24-22-20-18-16-14-12-10-8-6-4-2/h5-8,11-14,17-20,23-26,29-32,36,38,42,44,77,80H,3-4,9-10,15-16,21-22,27-28,33-35,37,39-41,43,45-76H2,1-2H3/b7-5-,8-6-,13-11-,14-12-,19-17-,20-18-,25-23-,26-24-,31-29-,32-30-,38-36-,44-42-. The smallest absolute Gasteiger partial charge is 0.306 e. The molecule has 84 heavy (non-hydrogen) atoms. The Morgan fingerprint density at radius 1 is 0.274 bits per heavy atom. The Morgan fingerprint density at radius 2 is 0.476 bits per heavy atom. The maximum absolute atomic E-state index is 12.4. The summed E-state index contributed by atoms with van der Waals surface area (Å²) in [5, 5.41) is 9.71. The average molecular weight is 1160 g/mol. The number of allylic oxidation sites excluding steroid dienone is 24. The first-order chi connectivity index (χ1) is 41.6. The van der Waals surface area contributed by atoms with Gasteiger partial charge in [-0.15, -0.1) is 0 Å². The van der Waals surface area contributed by atoms with Crippen LogP contribution in [0.2, 0.25) is 0 Å². The zero-order valence-corrected chi connectivity index (χ0v) is 54.9. The highest BCUT2D eigenvalue weighted by Crippen LogP contribution is 2.17. The molecule has 0 aromatic carbocycles. The van der Waals surface area contributed by atoms with Gasteiger partial charge in [-0.05, 0) is 116 Å². The molecule has 0 spiro atoms. The van der Waals surface area contributed by atoms with Gasteiger partial charge in [0.1, 0.15) is 6.61 Å². The van der Waals surface area contributed by atoms with E-state index in [9.17, 15) is 14.7 Å². The molecule has 0 radical (unpaired) electrons. The van der Waals surface area contributed by atoms with Gasteiger partial charge in [0, 0.05) is 12.8 Å². The van der Waals surface area contributed by atoms with E-state index in [-0.39, 0.29) is 25.2 Å². The molecule has 0 aromatic rings. The van der Waals surface area contributed by atoms with Crippen LogP contribution in [-0.4, -0.2) is 36.4 Å². The zero-order chi connectivity index (χ0) is 60.5. The second-order valence-electron chi connectivity index (χ2n) is 23.2. The first-order valence-electron chi connectivity index (χ1n) is 35.4. The Bertz CT molecular complexity index is 1750. The van der Waals surface area contributed by atoms with E-state index in [1.807, 2.05) is 0 Å². The molecule has 0 saturated carbocycles. The second-order valence-corrected chi connectivity index (χ2v) is 23.2. The van der Waals surface area contributed by atoms with Gasteiger partial charge in [0.15, 0.2) is 6.10 Å². The highest BCUT2D eigenvalue weighted by Gasteiger charge is 2.16. The Hall–Kier alpha value is -4.22. The molecule has 0 rings (SSSR count). The summed E-state index contributed by atoms with van der Waals surface area (Å²) in [5.74, 6) is -0.586. The summed E-state index contributed by atoms with van der Waals surface area (Å²) in [6, 6.07) is 0. The lowest BCUT2D eigenvalue weighted by Crippen LogP contribution is -2.28. The zero-order valence-electron chi connectivity index (χ0n) is 54.9. The van der Waals surface area contributed by atoms with Crippen molar-refractivity contribution in [3.8, 4) is 0 Å². The van der Waals surface area contributed by atoms with Crippen LogP contribution < -0.4 is 0 Å². The summed E-state index contributed by atoms with van der Waals surface area (Å²) in [4.78, 5) is 24.7. The molecule has 1 atom stereocenters. The van der Waals surface area contributed by atoms with Crippen molar-refractivity contribution >= 4 is 11.9 Å². The Labute approximate surface area is 520 Å². The molecule has 0 saturated heterocycles. The van der Waals surface area contributed by atoms with Crippen LogP contribution in [0.3, 0.4) is 0 Å². The van der Waals surface area contributed by atoms with E-state index in [4.69, 9.17) is 9.47 Å². The number of carbonyl (C=O) groups excluding carboxylic acids is 2. The van der Waals surface area contributed by atoms with E-state index in [1.54, 1.807) is 0 Å². The SMILES string of the molecule is CC/C=C\C/C=C\C/C=C\C/C=C\C/C=C\C/C=C\C/C=C\CCCCCCCCCCCCCCCC(=O)OC(CO)COC(=O)CCCCCCCCCCCCCCCCCCCCC/C=C\C/C=C\C/C=C\C/C=C\C/C=C\CC. The van der Waals surface area contributed by atoms with Gasteiger partial charge in [0.2, 0.25) is 0 Å². The highest BCUT2D eigenvalue weighted by atomic mass is 16.6. The summed E-state index contributed by atoms with van der Waals surface area (Å²) in [5.41, 5.74) is 0. The fraction of sp³-hybridized carbons (Fsp3) is 0.671. The summed E-state index contributed by atoms with van der Waals surface area (Å²) in [6.07, 6.45) is 110. The van der Waals surface area contributed by atoms with Crippen LogP contribution in [-0.2, 0) is 19.1 Å². The van der Waals surface area contributed by atoms with Crippen LogP contribution >= 0.6 is 0 Å². The van der Waals surface area contributed by atoms with Crippen LogP contribution in [0, 0.1) is 0 Å². The molecule has 1 unspecified atom stereocenters. The monoisotopic (exact) mass is 1160 g/mol. The fourth-order valence-corrected chi connectivity index (χ4v) is 9.92. The van der Waals surface area contributed by atoms with Crippen molar-refractivity contribution in [3.63, 3.8) is 0 Å². The van der Waals surface area contributed by atoms with Gasteiger partial charge in [0.05, 0.1) is 6.61 Å². The number of aliphatic hydroxyl groups excluding tert-OH is 1. The van der Waals surface area contributed by atoms with Crippen molar-refractivity contribution in [1.29, 1.82) is 0 Å². The first-order valence-corrected chi connectivity index (χ1v) is 35.4. The number of rotatable bonds is 64. The molecule has 0 aliphatic rings. The molecule has 0 aromatic heterocycles. The van der Waals surface area contributed by atoms with E-state index >= 15 is 0 Å². The molecular weight excluding hydrogens is 1030 g/mol. The van der Waals surface area contributed by atoms with E-state index < -0.39 is 6.10 Å². The van der Waals surface area contributed by atoms with Crippen molar-refractivity contribution in [2.24, 2.45) is 0 Å². The quantitative estimate of drug-likeness (QED) is 0.0373. The minimum Gasteiger partial charge on any atom is -0.462 e. The number of unbranched alkanes of at least 4 members (excludes halogenated alkanes) is 32. The summed E-state index contributed by atoms with van der Waals surface area (Å²) in [6.45, 7) is 3.93. The predicted molar refractivity (Wildman–Crippen MR) is 371 cm³/mol. The molecule has 1 N–H and O–H groups in total. The number of hydrogen-bond donors (Lipinski definition) is 1. The van der Waals surface area contributed by atoms with Gasteiger partial charge in [-0.25, -0.2) is 0 Å². The summed E-state index contributed by atoms with van der Waals surface area (Å²) in [7, 11) is 0. The minimum absolute atomic E-state index is 0.0696. The number of carbonyl (C=O) groups is 2. The summed E-state index contributed by atoms with van der Waals surface area (Å²) < 4.78 is 10.8. The third-order valence-electron chi connectivity index (χ3n) is 15.1. The van der Waals surface area contributed by atoms with Crippen molar-refractivity contribution in [2.75, 3.05) is 13.2 Å². The van der Waals surface area contributed by atoms with Crippen molar-refractivity contribution in [2.45, 2.75) is 328 Å². The molecule has 5 heteroatoms. The number of esters is 2. The number of hydrogen-bond acceptors (Lipinski definition) is 5. The average Bonchev–Trinajstić information content (AvgIpc) is 3.51. The van der Waals surface area contributed by atoms with Crippen LogP contribution in [0.4, 0.5) is 0 Å². The van der Waals surface area contributed by atoms with Crippen molar-refractivity contribution in [1.82, 2.24) is 0 Å². The topological polar surface area (TPSA) is 72.8 Å².